The van der Waals surface area contributed by atoms with E-state index in [1.807, 2.05) is 30.5 Å². The number of para-hydroxylation sites is 2. The Balaban J connectivity index is 1.49. The van der Waals surface area contributed by atoms with Gasteiger partial charge in [0.2, 0.25) is 5.91 Å². The molecule has 6 nitrogen and oxygen atoms in total. The molecule has 2 aromatic rings. The standard InChI is InChI=1S/C16H18N4O2/c21-15-10-22-16(11-18-15)5-7-20(8-6-16)14-9-17-12-3-1-2-4-13(12)19-14/h1-4,9H,5-8,10-11H2,(H,18,21). The largest absolute Gasteiger partial charge is 0.363 e. The fourth-order valence-electron chi connectivity index (χ4n) is 3.14. The van der Waals surface area contributed by atoms with Crippen molar-refractivity contribution in [1.82, 2.24) is 15.3 Å². The zero-order valence-electron chi connectivity index (χ0n) is 12.3. The number of nitrogens with zero attached hydrogens (tertiary/aromatic N) is 3. The molecule has 114 valence electrons. The summed E-state index contributed by atoms with van der Waals surface area (Å²) in [6, 6.07) is 7.90. The van der Waals surface area contributed by atoms with Crippen LogP contribution in [0.2, 0.25) is 0 Å². The first-order chi connectivity index (χ1) is 10.7. The van der Waals surface area contributed by atoms with Gasteiger partial charge in [-0.25, -0.2) is 4.98 Å². The van der Waals surface area contributed by atoms with Gasteiger partial charge >= 0.3 is 0 Å². The molecule has 1 aromatic heterocycles. The molecular formula is C16H18N4O2. The third kappa shape index (κ3) is 2.39. The monoisotopic (exact) mass is 298 g/mol. The molecule has 2 aliphatic heterocycles. The molecule has 2 aliphatic rings. The number of hydrogen-bond donors (Lipinski definition) is 1. The molecular weight excluding hydrogens is 280 g/mol. The number of benzene rings is 1. The van der Waals surface area contributed by atoms with E-state index in [1.54, 1.807) is 0 Å². The average Bonchev–Trinajstić information content (AvgIpc) is 2.58. The number of aromatic nitrogens is 2. The first-order valence-corrected chi connectivity index (χ1v) is 7.62. The minimum atomic E-state index is -0.200. The summed E-state index contributed by atoms with van der Waals surface area (Å²) >= 11 is 0. The molecule has 4 rings (SSSR count). The summed E-state index contributed by atoms with van der Waals surface area (Å²) in [6.45, 7) is 2.52. The van der Waals surface area contributed by atoms with Crippen LogP contribution in [0.15, 0.2) is 30.5 Å². The van der Waals surface area contributed by atoms with Crippen molar-refractivity contribution in [3.05, 3.63) is 30.5 Å². The van der Waals surface area contributed by atoms with Crippen molar-refractivity contribution >= 4 is 22.8 Å². The number of carbonyl (C=O) groups is 1. The van der Waals surface area contributed by atoms with Gasteiger partial charge in [-0.05, 0) is 25.0 Å². The molecule has 2 fully saturated rings. The highest BCUT2D eigenvalue weighted by Crippen LogP contribution is 2.29. The molecule has 0 saturated carbocycles. The fourth-order valence-corrected chi connectivity index (χ4v) is 3.14. The number of piperidine rings is 1. The van der Waals surface area contributed by atoms with Crippen LogP contribution in [0.4, 0.5) is 5.82 Å². The number of ether oxygens (including phenoxy) is 1. The highest BCUT2D eigenvalue weighted by molar-refractivity contribution is 5.78. The molecule has 6 heteroatoms. The lowest BCUT2D eigenvalue weighted by Gasteiger charge is -2.43. The van der Waals surface area contributed by atoms with E-state index in [0.29, 0.717) is 6.54 Å². The van der Waals surface area contributed by atoms with Gasteiger partial charge in [0.25, 0.3) is 0 Å². The molecule has 3 heterocycles. The zero-order valence-corrected chi connectivity index (χ0v) is 12.3. The summed E-state index contributed by atoms with van der Waals surface area (Å²) in [5, 5.41) is 2.91. The van der Waals surface area contributed by atoms with Gasteiger partial charge in [0.05, 0.1) is 22.8 Å². The molecule has 1 aromatic carbocycles. The summed E-state index contributed by atoms with van der Waals surface area (Å²) in [5.74, 6) is 0.891. The number of amides is 1. The van der Waals surface area contributed by atoms with Crippen LogP contribution in [0.1, 0.15) is 12.8 Å². The first-order valence-electron chi connectivity index (χ1n) is 7.62. The Kier molecular flexibility index (Phi) is 3.18. The molecule has 0 bridgehead atoms. The smallest absolute Gasteiger partial charge is 0.246 e. The van der Waals surface area contributed by atoms with Crippen LogP contribution < -0.4 is 10.2 Å². The topological polar surface area (TPSA) is 67.3 Å². The normalized spacial score (nSPS) is 21.1. The van der Waals surface area contributed by atoms with Crippen molar-refractivity contribution < 1.29 is 9.53 Å². The van der Waals surface area contributed by atoms with E-state index in [0.717, 1.165) is 42.8 Å². The van der Waals surface area contributed by atoms with Gasteiger partial charge < -0.3 is 15.0 Å². The maximum absolute atomic E-state index is 11.2. The summed E-state index contributed by atoms with van der Waals surface area (Å²) in [5.41, 5.74) is 1.63. The molecule has 0 radical (unpaired) electrons. The number of carbonyl (C=O) groups excluding carboxylic acids is 1. The molecule has 0 unspecified atom stereocenters. The second-order valence-corrected chi connectivity index (χ2v) is 5.95. The van der Waals surface area contributed by atoms with E-state index in [9.17, 15) is 4.79 Å². The minimum absolute atomic E-state index is 0.0200. The van der Waals surface area contributed by atoms with Gasteiger partial charge in [-0.2, -0.15) is 0 Å². The van der Waals surface area contributed by atoms with Crippen LogP contribution >= 0.6 is 0 Å². The zero-order chi connectivity index (χ0) is 15.0. The van der Waals surface area contributed by atoms with Gasteiger partial charge in [0, 0.05) is 19.6 Å². The van der Waals surface area contributed by atoms with Crippen LogP contribution in [0.5, 0.6) is 0 Å². The summed E-state index contributed by atoms with van der Waals surface area (Å²) in [4.78, 5) is 22.7. The van der Waals surface area contributed by atoms with E-state index in [2.05, 4.69) is 15.2 Å². The van der Waals surface area contributed by atoms with Crippen molar-refractivity contribution in [2.24, 2.45) is 0 Å². The Bertz CT molecular complexity index is 698. The quantitative estimate of drug-likeness (QED) is 0.854. The lowest BCUT2D eigenvalue weighted by molar-refractivity contribution is -0.146. The third-order valence-corrected chi connectivity index (χ3v) is 4.55. The van der Waals surface area contributed by atoms with Crippen molar-refractivity contribution in [2.45, 2.75) is 18.4 Å². The van der Waals surface area contributed by atoms with Crippen molar-refractivity contribution in [3.8, 4) is 0 Å². The Morgan fingerprint density at radius 2 is 1.95 bits per heavy atom. The van der Waals surface area contributed by atoms with E-state index in [-0.39, 0.29) is 18.1 Å². The Morgan fingerprint density at radius 1 is 1.18 bits per heavy atom. The van der Waals surface area contributed by atoms with E-state index in [4.69, 9.17) is 9.72 Å². The maximum Gasteiger partial charge on any atom is 0.246 e. The summed E-state index contributed by atoms with van der Waals surface area (Å²) in [6.07, 6.45) is 3.62. The number of morpholine rings is 1. The van der Waals surface area contributed by atoms with Crippen molar-refractivity contribution in [3.63, 3.8) is 0 Å². The van der Waals surface area contributed by atoms with E-state index >= 15 is 0 Å². The SMILES string of the molecule is O=C1COC2(CCN(c3cnc4ccccc4n3)CC2)CN1. The third-order valence-electron chi connectivity index (χ3n) is 4.55. The number of nitrogens with one attached hydrogen (secondary N) is 1. The average molecular weight is 298 g/mol. The molecule has 0 atom stereocenters. The molecule has 2 saturated heterocycles. The van der Waals surface area contributed by atoms with Gasteiger partial charge in [0.1, 0.15) is 12.4 Å². The first kappa shape index (κ1) is 13.5. The predicted molar refractivity (Wildman–Crippen MR) is 82.7 cm³/mol. The van der Waals surface area contributed by atoms with Crippen molar-refractivity contribution in [1.29, 1.82) is 0 Å². The lowest BCUT2D eigenvalue weighted by atomic mass is 9.90. The second-order valence-electron chi connectivity index (χ2n) is 5.95. The highest BCUT2D eigenvalue weighted by atomic mass is 16.5. The molecule has 1 amide bonds. The van der Waals surface area contributed by atoms with Gasteiger partial charge in [0.15, 0.2) is 0 Å². The molecule has 1 spiro atoms. The number of anilines is 1. The summed E-state index contributed by atoms with van der Waals surface area (Å²) < 4.78 is 5.80. The Hall–Kier alpha value is -2.21. The van der Waals surface area contributed by atoms with Crippen LogP contribution in [0.25, 0.3) is 11.0 Å². The van der Waals surface area contributed by atoms with E-state index in [1.165, 1.54) is 0 Å². The lowest BCUT2D eigenvalue weighted by Crippen LogP contribution is -2.57. The van der Waals surface area contributed by atoms with Crippen LogP contribution in [0, 0.1) is 0 Å². The maximum atomic E-state index is 11.2. The molecule has 22 heavy (non-hydrogen) atoms. The van der Waals surface area contributed by atoms with E-state index < -0.39 is 0 Å². The van der Waals surface area contributed by atoms with Gasteiger partial charge in [-0.1, -0.05) is 12.1 Å². The highest BCUT2D eigenvalue weighted by Gasteiger charge is 2.39. The van der Waals surface area contributed by atoms with Gasteiger partial charge in [-0.15, -0.1) is 0 Å². The number of hydrogen-bond acceptors (Lipinski definition) is 5. The summed E-state index contributed by atoms with van der Waals surface area (Å²) in [7, 11) is 0. The predicted octanol–water partition coefficient (Wildman–Crippen LogP) is 1.12. The van der Waals surface area contributed by atoms with Crippen molar-refractivity contribution in [2.75, 3.05) is 31.1 Å². The van der Waals surface area contributed by atoms with Gasteiger partial charge in [-0.3, -0.25) is 9.78 Å². The Labute approximate surface area is 128 Å². The minimum Gasteiger partial charge on any atom is -0.363 e. The molecule has 0 aliphatic carbocycles. The number of rotatable bonds is 1. The van der Waals surface area contributed by atoms with Crippen LogP contribution in [-0.2, 0) is 9.53 Å². The number of fused-ring (bicyclic) bond motifs is 1. The van der Waals surface area contributed by atoms with Crippen LogP contribution in [0.3, 0.4) is 0 Å². The Morgan fingerprint density at radius 3 is 2.68 bits per heavy atom. The second kappa shape index (κ2) is 5.21. The molecule has 1 N–H and O–H groups in total. The van der Waals surface area contributed by atoms with Crippen LogP contribution in [-0.4, -0.2) is 47.7 Å². The fraction of sp³-hybridized carbons (Fsp3) is 0.438.